The number of nitrogens with zero attached hydrogens (tertiary/aromatic N) is 1. The van der Waals surface area contributed by atoms with Crippen molar-refractivity contribution in [2.75, 3.05) is 36.6 Å². The molecular formula is C17H17Cl3N2O5S. The second-order valence-corrected chi connectivity index (χ2v) is 8.68. The summed E-state index contributed by atoms with van der Waals surface area (Å²) in [5.74, 6) is -0.0365. The van der Waals surface area contributed by atoms with Gasteiger partial charge in [-0.3, -0.25) is 9.10 Å². The topological polar surface area (TPSA) is 84.9 Å². The van der Waals surface area contributed by atoms with Crippen LogP contribution in [0.3, 0.4) is 0 Å². The van der Waals surface area contributed by atoms with Gasteiger partial charge in [0.1, 0.15) is 18.0 Å². The van der Waals surface area contributed by atoms with E-state index in [1.165, 1.54) is 44.6 Å². The molecule has 0 fully saturated rings. The number of carbonyl (C=O) groups excluding carboxylic acids is 1. The van der Waals surface area contributed by atoms with Gasteiger partial charge in [0.05, 0.1) is 46.9 Å². The number of nitrogens with one attached hydrogen (secondary N) is 1. The molecule has 152 valence electrons. The van der Waals surface area contributed by atoms with E-state index in [0.29, 0.717) is 10.8 Å². The van der Waals surface area contributed by atoms with E-state index in [1.54, 1.807) is 0 Å². The molecule has 0 heterocycles. The molecule has 0 unspecified atom stereocenters. The molecule has 1 amide bonds. The molecule has 0 atom stereocenters. The summed E-state index contributed by atoms with van der Waals surface area (Å²) >= 11 is 18.1. The third kappa shape index (κ3) is 5.14. The minimum Gasteiger partial charge on any atom is -0.495 e. The van der Waals surface area contributed by atoms with Gasteiger partial charge >= 0.3 is 0 Å². The van der Waals surface area contributed by atoms with Gasteiger partial charge in [-0.05, 0) is 12.1 Å². The van der Waals surface area contributed by atoms with Gasteiger partial charge in [0.2, 0.25) is 15.9 Å². The molecule has 0 radical (unpaired) electrons. The summed E-state index contributed by atoms with van der Waals surface area (Å²) in [6, 6.07) is 7.44. The molecule has 0 spiro atoms. The zero-order valence-corrected chi connectivity index (χ0v) is 18.2. The van der Waals surface area contributed by atoms with E-state index < -0.39 is 22.5 Å². The zero-order valence-electron chi connectivity index (χ0n) is 15.1. The first-order valence-corrected chi connectivity index (χ1v) is 10.7. The van der Waals surface area contributed by atoms with E-state index in [9.17, 15) is 13.2 Å². The lowest BCUT2D eigenvalue weighted by Gasteiger charge is -2.23. The average Bonchev–Trinajstić information content (AvgIpc) is 2.62. The Kier molecular flexibility index (Phi) is 7.28. The van der Waals surface area contributed by atoms with Crippen LogP contribution in [-0.4, -0.2) is 41.3 Å². The fourth-order valence-electron chi connectivity index (χ4n) is 2.34. The van der Waals surface area contributed by atoms with Crippen LogP contribution in [0.2, 0.25) is 15.1 Å². The Morgan fingerprint density at radius 3 is 2.29 bits per heavy atom. The Labute approximate surface area is 178 Å². The van der Waals surface area contributed by atoms with Crippen molar-refractivity contribution in [3.8, 4) is 11.5 Å². The lowest BCUT2D eigenvalue weighted by molar-refractivity contribution is -0.114. The second kappa shape index (κ2) is 9.09. The highest BCUT2D eigenvalue weighted by molar-refractivity contribution is 7.92. The van der Waals surface area contributed by atoms with Crippen molar-refractivity contribution in [2.24, 2.45) is 0 Å². The van der Waals surface area contributed by atoms with Crippen molar-refractivity contribution in [3.05, 3.63) is 45.4 Å². The molecule has 0 aliphatic carbocycles. The molecule has 0 saturated heterocycles. The smallest absolute Gasteiger partial charge is 0.245 e. The summed E-state index contributed by atoms with van der Waals surface area (Å²) in [5.41, 5.74) is 0.354. The van der Waals surface area contributed by atoms with Gasteiger partial charge in [-0.1, -0.05) is 40.9 Å². The fourth-order valence-corrected chi connectivity index (χ4v) is 3.88. The number of hydrogen-bond acceptors (Lipinski definition) is 5. The molecule has 2 aromatic carbocycles. The first-order valence-electron chi connectivity index (χ1n) is 7.71. The number of ether oxygens (including phenoxy) is 2. The minimum atomic E-state index is -3.83. The molecule has 1 N–H and O–H groups in total. The number of amides is 1. The van der Waals surface area contributed by atoms with Crippen molar-refractivity contribution in [1.29, 1.82) is 0 Å². The Hall–Kier alpha value is -1.87. The molecule has 11 heteroatoms. The summed E-state index contributed by atoms with van der Waals surface area (Å²) < 4.78 is 35.6. The maximum atomic E-state index is 12.6. The summed E-state index contributed by atoms with van der Waals surface area (Å²) in [6.07, 6.45) is 0.962. The number of sulfonamides is 1. The predicted molar refractivity (Wildman–Crippen MR) is 112 cm³/mol. The molecule has 7 nitrogen and oxygen atoms in total. The molecular weight excluding hydrogens is 451 g/mol. The van der Waals surface area contributed by atoms with Crippen molar-refractivity contribution in [1.82, 2.24) is 0 Å². The van der Waals surface area contributed by atoms with E-state index in [0.717, 1.165) is 10.6 Å². The van der Waals surface area contributed by atoms with Gasteiger partial charge in [0.15, 0.2) is 0 Å². The second-order valence-electron chi connectivity index (χ2n) is 5.58. The summed E-state index contributed by atoms with van der Waals surface area (Å²) in [5, 5.41) is 3.06. The van der Waals surface area contributed by atoms with Crippen LogP contribution >= 0.6 is 34.8 Å². The maximum absolute atomic E-state index is 12.6. The highest BCUT2D eigenvalue weighted by Gasteiger charge is 2.24. The number of rotatable bonds is 7. The highest BCUT2D eigenvalue weighted by atomic mass is 35.5. The van der Waals surface area contributed by atoms with Gasteiger partial charge < -0.3 is 14.8 Å². The van der Waals surface area contributed by atoms with Crippen LogP contribution in [0.25, 0.3) is 0 Å². The lowest BCUT2D eigenvalue weighted by atomic mass is 10.2. The van der Waals surface area contributed by atoms with Crippen LogP contribution in [0.4, 0.5) is 11.4 Å². The van der Waals surface area contributed by atoms with Gasteiger partial charge in [-0.2, -0.15) is 0 Å². The van der Waals surface area contributed by atoms with Gasteiger partial charge in [-0.25, -0.2) is 8.42 Å². The van der Waals surface area contributed by atoms with Crippen molar-refractivity contribution in [2.45, 2.75) is 0 Å². The molecule has 0 bridgehead atoms. The Morgan fingerprint density at radius 1 is 1.07 bits per heavy atom. The van der Waals surface area contributed by atoms with Crippen molar-refractivity contribution >= 4 is 62.1 Å². The molecule has 28 heavy (non-hydrogen) atoms. The standard InChI is InChI=1S/C17H17Cl3N2O5S/c1-26-14-8-12(15(27-2)7-11(14)19)21-16(23)9-22(28(3,24)25)13-6-4-5-10(18)17(13)20/h4-8H,9H2,1-3H3,(H,21,23). The normalized spacial score (nSPS) is 11.1. The third-order valence-corrected chi connectivity index (χ3v) is 5.87. The summed E-state index contributed by atoms with van der Waals surface area (Å²) in [7, 11) is -1.000. The molecule has 0 aromatic heterocycles. The minimum absolute atomic E-state index is 0.0214. The van der Waals surface area contributed by atoms with Gasteiger partial charge in [0.25, 0.3) is 0 Å². The lowest BCUT2D eigenvalue weighted by Crippen LogP contribution is -2.37. The fraction of sp³-hybridized carbons (Fsp3) is 0.235. The first-order chi connectivity index (χ1) is 13.1. The number of methoxy groups -OCH3 is 2. The van der Waals surface area contributed by atoms with Crippen LogP contribution in [0.15, 0.2) is 30.3 Å². The van der Waals surface area contributed by atoms with Gasteiger partial charge in [-0.15, -0.1) is 0 Å². The van der Waals surface area contributed by atoms with Crippen LogP contribution in [0.5, 0.6) is 11.5 Å². The van der Waals surface area contributed by atoms with Crippen LogP contribution in [0.1, 0.15) is 0 Å². The van der Waals surface area contributed by atoms with Gasteiger partial charge in [0, 0.05) is 12.1 Å². The Balaban J connectivity index is 2.35. The van der Waals surface area contributed by atoms with Crippen molar-refractivity contribution < 1.29 is 22.7 Å². The van der Waals surface area contributed by atoms with E-state index in [1.807, 2.05) is 0 Å². The highest BCUT2D eigenvalue weighted by Crippen LogP contribution is 2.36. The summed E-state index contributed by atoms with van der Waals surface area (Å²) in [4.78, 5) is 12.6. The average molecular weight is 468 g/mol. The largest absolute Gasteiger partial charge is 0.495 e. The molecule has 0 saturated carbocycles. The molecule has 2 rings (SSSR count). The number of halogens is 3. The Morgan fingerprint density at radius 2 is 1.71 bits per heavy atom. The molecule has 2 aromatic rings. The first kappa shape index (κ1) is 22.4. The maximum Gasteiger partial charge on any atom is 0.245 e. The molecule has 0 aliphatic rings. The number of carbonyl (C=O) groups is 1. The number of benzene rings is 2. The van der Waals surface area contributed by atoms with Crippen molar-refractivity contribution in [3.63, 3.8) is 0 Å². The Bertz CT molecular complexity index is 999. The third-order valence-electron chi connectivity index (χ3n) is 3.64. The quantitative estimate of drug-likeness (QED) is 0.663. The molecule has 0 aliphatic heterocycles. The SMILES string of the molecule is COc1cc(NC(=O)CN(c2cccc(Cl)c2Cl)S(C)(=O)=O)c(OC)cc1Cl. The monoisotopic (exact) mass is 466 g/mol. The van der Waals surface area contributed by atoms with E-state index in [4.69, 9.17) is 44.3 Å². The number of anilines is 2. The predicted octanol–water partition coefficient (Wildman–Crippen LogP) is 4.07. The van der Waals surface area contributed by atoms with E-state index >= 15 is 0 Å². The van der Waals surface area contributed by atoms with Crippen LogP contribution in [0, 0.1) is 0 Å². The van der Waals surface area contributed by atoms with E-state index in [2.05, 4.69) is 5.32 Å². The number of hydrogen-bond donors (Lipinski definition) is 1. The van der Waals surface area contributed by atoms with Crippen LogP contribution < -0.4 is 19.1 Å². The van der Waals surface area contributed by atoms with Crippen LogP contribution in [-0.2, 0) is 14.8 Å². The van der Waals surface area contributed by atoms with E-state index in [-0.39, 0.29) is 27.2 Å². The zero-order chi connectivity index (χ0) is 21.1. The summed E-state index contributed by atoms with van der Waals surface area (Å²) in [6.45, 7) is -0.535.